The van der Waals surface area contributed by atoms with Gasteiger partial charge in [0.2, 0.25) is 0 Å². The lowest BCUT2D eigenvalue weighted by atomic mass is 9.91. The number of Topliss-reactive ketones (excluding diaryl/α,β-unsaturated/α-hetero) is 1. The third kappa shape index (κ3) is 15.9. The first kappa shape index (κ1) is 76.3. The van der Waals surface area contributed by atoms with Gasteiger partial charge in [0.1, 0.15) is 19.4 Å². The highest BCUT2D eigenvalue weighted by Crippen LogP contribution is 2.38. The molecule has 25 heteroatoms. The van der Waals surface area contributed by atoms with Crippen LogP contribution in [0.1, 0.15) is 89.3 Å². The Kier molecular flexibility index (Phi) is 25.7. The second-order valence-corrected chi connectivity index (χ2v) is 25.5. The standard InChI is InChI=1S/C15H11NO2.C13H6N2O.C11H9NO2.C9H8N2O2S3.C8H10N2O2.C8H7NS.C6H7NOS.C2H6/c1-3-9-7-8-12-13-10(9)5-4-6-11(13)14(17)16(2)15(12)18;1-8-12(11(7-14)15-2)9-5-3-4-6-10(9)13(8)16;1-3-7-4-5-8-9(6-7)11(14)12(2)10(8)13;1-4-6(12)10(2)8(15-4)5-7(13)11(3)9(14)16-5;1-5-7(11)9(3)6(2)10(4)8(5)12;1-6(5-9)8-4-3-7(2)10-8;1-4-6(8)7(3)5(2)9-4;1-2/h3-8H,1H2,2H3;3-6H,1H2;3-6H,1H2,2H3;1H2,2-3H3;1-2H2,3-4H3;3-4H,2H2,1H3;1-2H2,3H3;1-2H3/b;12-11+;;8-5+;;8-6-;;. The SMILES string of the molecule is C=Cc1ccc2c(c1)C(=O)N(C)C2=O.C=Cc1ccc2c3c(cccc13)C(=O)N(C)C2=O.C=c1c(=O)n(C)c(=C)n(C)c1=O.C=c1cc/c(=C(\C)C#N)s1.C=c1s/c(=C2/SC(=S)N(C)C2=O)n(C)c1=O.C=c1sc(=C)n(C)c1=O.CC.[C-]#[N+]/C(C#N)=C1\C(=C)C(=O)c2ccccc21. The smallest absolute Gasteiger partial charge is 0.270 e. The molecule has 4 aromatic heterocycles. The van der Waals surface area contributed by atoms with E-state index in [0.717, 1.165) is 51.0 Å². The van der Waals surface area contributed by atoms with Crippen LogP contribution in [0.15, 0.2) is 135 Å². The summed E-state index contributed by atoms with van der Waals surface area (Å²) in [7, 11) is 11.0. The molecule has 8 aromatic rings. The molecule has 5 amide bonds. The number of fused-ring (bicyclic) bond motifs is 2. The van der Waals surface area contributed by atoms with E-state index in [1.165, 1.54) is 71.7 Å². The van der Waals surface area contributed by atoms with E-state index >= 15 is 0 Å². The first-order valence-electron chi connectivity index (χ1n) is 28.5. The van der Waals surface area contributed by atoms with Crippen molar-refractivity contribution in [3.05, 3.63) is 251 Å². The topological polar surface area (TPSA) is 252 Å². The maximum Gasteiger partial charge on any atom is 0.270 e. The van der Waals surface area contributed by atoms with Crippen LogP contribution in [0.2, 0.25) is 0 Å². The monoisotopic (exact) mass is 1390 g/mol. The summed E-state index contributed by atoms with van der Waals surface area (Å²) in [4.78, 5) is 123. The molecule has 97 heavy (non-hydrogen) atoms. The Morgan fingerprint density at radius 2 is 1.08 bits per heavy atom. The van der Waals surface area contributed by atoms with Crippen LogP contribution < -0.4 is 60.4 Å². The van der Waals surface area contributed by atoms with E-state index in [-0.39, 0.29) is 74.0 Å². The van der Waals surface area contributed by atoms with E-state index < -0.39 is 0 Å². The Bertz CT molecular complexity index is 5540. The molecule has 3 aliphatic heterocycles. The molecule has 0 saturated carbocycles. The van der Waals surface area contributed by atoms with E-state index in [1.807, 2.05) is 51.1 Å². The van der Waals surface area contributed by atoms with Crippen molar-refractivity contribution in [3.8, 4) is 12.1 Å². The normalized spacial score (nSPS) is 14.2. The van der Waals surface area contributed by atoms with Crippen LogP contribution >= 0.6 is 58.0 Å². The Labute approximate surface area is 578 Å². The molecule has 12 rings (SSSR count). The van der Waals surface area contributed by atoms with Crippen molar-refractivity contribution in [1.29, 1.82) is 10.5 Å². The molecule has 4 aliphatic rings. The number of thiazole rings is 2. The van der Waals surface area contributed by atoms with Gasteiger partial charge in [0.25, 0.3) is 57.5 Å². The number of amides is 5. The predicted molar refractivity (Wildman–Crippen MR) is 395 cm³/mol. The number of allylic oxidation sites excluding steroid dienone is 3. The number of imide groups is 2. The molecule has 492 valence electrons. The van der Waals surface area contributed by atoms with Gasteiger partial charge in [-0.2, -0.15) is 5.26 Å². The lowest BCUT2D eigenvalue weighted by molar-refractivity contribution is -0.119. The zero-order valence-corrected chi connectivity index (χ0v) is 58.8. The van der Waals surface area contributed by atoms with Crippen LogP contribution in [0.4, 0.5) is 0 Å². The van der Waals surface area contributed by atoms with Gasteiger partial charge < -0.3 is 9.13 Å². The number of thiophene rings is 1. The van der Waals surface area contributed by atoms with Crippen LogP contribution in [0.5, 0.6) is 0 Å². The van der Waals surface area contributed by atoms with Gasteiger partial charge in [0, 0.05) is 97.2 Å². The van der Waals surface area contributed by atoms with Gasteiger partial charge in [-0.15, -0.1) is 34.0 Å². The van der Waals surface area contributed by atoms with Gasteiger partial charge in [-0.1, -0.05) is 158 Å². The van der Waals surface area contributed by atoms with Gasteiger partial charge in [-0.05, 0) is 65.4 Å². The minimum Gasteiger partial charge on any atom is -0.303 e. The number of thiocarbonyl (C=S) groups is 1. The average Bonchev–Trinajstić information content (AvgIpc) is 1.64. The van der Waals surface area contributed by atoms with E-state index in [4.69, 9.17) is 29.3 Å². The summed E-state index contributed by atoms with van der Waals surface area (Å²) in [6.45, 7) is 45.3. The Balaban J connectivity index is 0.000000206. The third-order valence-electron chi connectivity index (χ3n) is 14.7. The number of benzene rings is 4. The van der Waals surface area contributed by atoms with Crippen molar-refractivity contribution < 1.29 is 28.8 Å². The number of nitriles is 2. The van der Waals surface area contributed by atoms with Crippen LogP contribution in [-0.4, -0.2) is 93.8 Å². The third-order valence-corrected chi connectivity index (χ3v) is 19.4. The van der Waals surface area contributed by atoms with Crippen molar-refractivity contribution in [2.45, 2.75) is 20.8 Å². The highest BCUT2D eigenvalue weighted by atomic mass is 32.2. The van der Waals surface area contributed by atoms with E-state index in [2.05, 4.69) is 70.1 Å². The van der Waals surface area contributed by atoms with Gasteiger partial charge >= 0.3 is 0 Å². The van der Waals surface area contributed by atoms with E-state index in [1.54, 1.807) is 119 Å². The number of hydrogen-bond donors (Lipinski definition) is 0. The molecule has 0 spiro atoms. The minimum absolute atomic E-state index is 0.0209. The predicted octanol–water partition coefficient (Wildman–Crippen LogP) is 5.36. The highest BCUT2D eigenvalue weighted by Gasteiger charge is 2.34. The van der Waals surface area contributed by atoms with Gasteiger partial charge in [0.15, 0.2) is 5.78 Å². The highest BCUT2D eigenvalue weighted by molar-refractivity contribution is 8.30. The Morgan fingerprint density at radius 3 is 1.54 bits per heavy atom. The number of thioether (sulfide) groups is 1. The molecule has 0 bridgehead atoms. The zero-order valence-electron chi connectivity index (χ0n) is 54.7. The molecule has 0 N–H and O–H groups in total. The molecular formula is C72H64N10O10S5. The van der Waals surface area contributed by atoms with Crippen LogP contribution in [-0.2, 0) is 33.0 Å². The van der Waals surface area contributed by atoms with Crippen LogP contribution in [0.25, 0.3) is 83.3 Å². The van der Waals surface area contributed by atoms with Crippen molar-refractivity contribution in [2.75, 3.05) is 21.1 Å². The average molecular weight is 1390 g/mol. The minimum atomic E-state index is -0.386. The number of aromatic nitrogens is 4. The summed E-state index contributed by atoms with van der Waals surface area (Å²) in [6.07, 6.45) is 3.38. The summed E-state index contributed by atoms with van der Waals surface area (Å²) < 4.78 is 10.4. The number of nitrogens with zero attached hydrogens (tertiary/aromatic N) is 10. The second-order valence-electron chi connectivity index (χ2n) is 20.4. The fourth-order valence-electron chi connectivity index (χ4n) is 9.09. The van der Waals surface area contributed by atoms with Gasteiger partial charge in [0.05, 0.1) is 48.8 Å². The molecule has 0 unspecified atom stereocenters. The molecule has 7 heterocycles. The summed E-state index contributed by atoms with van der Waals surface area (Å²) >= 11 is 10.3. The Morgan fingerprint density at radius 1 is 0.557 bits per heavy atom. The summed E-state index contributed by atoms with van der Waals surface area (Å²) in [6, 6.07) is 28.9. The lowest BCUT2D eigenvalue weighted by Crippen LogP contribution is -2.55. The number of carbonyl (C=O) groups excluding carboxylic acids is 6. The largest absolute Gasteiger partial charge is 0.303 e. The van der Waals surface area contributed by atoms with Crippen molar-refractivity contribution in [3.63, 3.8) is 0 Å². The van der Waals surface area contributed by atoms with Crippen LogP contribution in [0, 0.1) is 29.2 Å². The first-order chi connectivity index (χ1) is 45.8. The number of carbonyl (C=O) groups is 6. The number of ketones is 1. The maximum atomic E-state index is 12.1. The van der Waals surface area contributed by atoms with E-state index in [0.29, 0.717) is 67.4 Å². The quantitative estimate of drug-likeness (QED) is 0.0695. The fraction of sp³-hybridized carbons (Fsp3) is 0.139. The van der Waals surface area contributed by atoms with Gasteiger partial charge in [-0.25, -0.2) is 10.1 Å². The lowest BCUT2D eigenvalue weighted by Gasteiger charge is -2.24. The molecular weight excluding hydrogens is 1330 g/mol. The molecule has 0 radical (unpaired) electrons. The molecule has 1 aliphatic carbocycles. The fourth-order valence-corrected chi connectivity index (χ4v) is 12.9. The van der Waals surface area contributed by atoms with Crippen molar-refractivity contribution in [2.24, 2.45) is 28.2 Å². The second kappa shape index (κ2) is 32.7. The molecule has 1 saturated heterocycles. The van der Waals surface area contributed by atoms with Crippen LogP contribution in [0.3, 0.4) is 0 Å². The van der Waals surface area contributed by atoms with Crippen molar-refractivity contribution in [1.82, 2.24) is 33.0 Å². The zero-order chi connectivity index (χ0) is 72.9. The van der Waals surface area contributed by atoms with E-state index in [9.17, 15) is 47.9 Å². The summed E-state index contributed by atoms with van der Waals surface area (Å²) in [5.74, 6) is -1.35. The summed E-state index contributed by atoms with van der Waals surface area (Å²) in [5.41, 5.74) is 5.70. The maximum absolute atomic E-state index is 12.1. The Hall–Kier alpha value is -11.4. The first-order valence-corrected chi connectivity index (χ1v) is 32.2. The molecule has 4 aromatic carbocycles. The molecule has 20 nitrogen and oxygen atoms in total. The molecule has 1 fully saturated rings. The summed E-state index contributed by atoms with van der Waals surface area (Å²) in [5, 5.41) is 19.0. The number of hydrogen-bond acceptors (Lipinski definition) is 17. The number of rotatable bonds is 2. The molecule has 0 atom stereocenters. The van der Waals surface area contributed by atoms with Gasteiger partial charge in [-0.3, -0.25) is 71.8 Å². The van der Waals surface area contributed by atoms with Crippen molar-refractivity contribution >= 4 is 176 Å².